The van der Waals surface area contributed by atoms with E-state index in [4.69, 9.17) is 4.74 Å². The number of nitrogens with one attached hydrogen (secondary N) is 1. The summed E-state index contributed by atoms with van der Waals surface area (Å²) in [4.78, 5) is 11.3. The summed E-state index contributed by atoms with van der Waals surface area (Å²) >= 11 is 0. The Kier molecular flexibility index (Phi) is 3.20. The summed E-state index contributed by atoms with van der Waals surface area (Å²) in [6.07, 6.45) is 0. The van der Waals surface area contributed by atoms with Gasteiger partial charge >= 0.3 is 10.2 Å². The van der Waals surface area contributed by atoms with Gasteiger partial charge in [-0.2, -0.15) is 12.7 Å². The molecule has 1 N–H and O–H groups in total. The minimum atomic E-state index is -3.80. The van der Waals surface area contributed by atoms with E-state index in [2.05, 4.69) is 5.10 Å². The van der Waals surface area contributed by atoms with Crippen molar-refractivity contribution < 1.29 is 13.2 Å². The monoisotopic (exact) mass is 235 g/mol. The Morgan fingerprint density at radius 3 is 2.60 bits per heavy atom. The zero-order valence-electron chi connectivity index (χ0n) is 8.72. The van der Waals surface area contributed by atoms with Crippen LogP contribution < -0.4 is 10.3 Å². The van der Waals surface area contributed by atoms with E-state index >= 15 is 0 Å². The summed E-state index contributed by atoms with van der Waals surface area (Å²) in [6.45, 7) is 2.08. The van der Waals surface area contributed by atoms with Crippen LogP contribution in [0.1, 0.15) is 6.92 Å². The molecule has 0 radical (unpaired) electrons. The van der Waals surface area contributed by atoms with Crippen LogP contribution in [0.25, 0.3) is 0 Å². The SMILES string of the molecule is CCOc1cc(=O)n(S(=O)(=O)N(C)C)[nH]1. The smallest absolute Gasteiger partial charge is 0.324 e. The Bertz CT molecular complexity index is 485. The summed E-state index contributed by atoms with van der Waals surface area (Å²) in [5, 5.41) is 2.36. The number of hydrogen-bond donors (Lipinski definition) is 1. The molecule has 0 aromatic carbocycles. The van der Waals surface area contributed by atoms with Crippen LogP contribution in [0.3, 0.4) is 0 Å². The molecule has 86 valence electrons. The number of hydrogen-bond acceptors (Lipinski definition) is 4. The summed E-state index contributed by atoms with van der Waals surface area (Å²) in [6, 6.07) is 1.09. The second-order valence-corrected chi connectivity index (χ2v) is 4.94. The van der Waals surface area contributed by atoms with E-state index < -0.39 is 15.8 Å². The lowest BCUT2D eigenvalue weighted by atomic mass is 10.7. The van der Waals surface area contributed by atoms with E-state index in [0.717, 1.165) is 10.4 Å². The molecule has 0 saturated carbocycles. The molecule has 0 aliphatic heterocycles. The molecule has 0 spiro atoms. The minimum absolute atomic E-state index is 0.132. The van der Waals surface area contributed by atoms with Gasteiger partial charge in [-0.3, -0.25) is 4.79 Å². The minimum Gasteiger partial charge on any atom is -0.478 e. The van der Waals surface area contributed by atoms with E-state index in [1.807, 2.05) is 0 Å². The highest BCUT2D eigenvalue weighted by Gasteiger charge is 2.20. The highest BCUT2D eigenvalue weighted by atomic mass is 32.2. The van der Waals surface area contributed by atoms with Crippen molar-refractivity contribution in [2.24, 2.45) is 0 Å². The molecule has 1 rings (SSSR count). The lowest BCUT2D eigenvalue weighted by molar-refractivity contribution is 0.324. The van der Waals surface area contributed by atoms with Gasteiger partial charge in [-0.05, 0) is 6.92 Å². The molecule has 0 atom stereocenters. The Balaban J connectivity index is 3.22. The van der Waals surface area contributed by atoms with Gasteiger partial charge < -0.3 is 4.74 Å². The second-order valence-electron chi connectivity index (χ2n) is 2.95. The van der Waals surface area contributed by atoms with Crippen molar-refractivity contribution in [3.8, 4) is 5.88 Å². The highest BCUT2D eigenvalue weighted by Crippen LogP contribution is 2.04. The highest BCUT2D eigenvalue weighted by molar-refractivity contribution is 7.87. The molecule has 1 heterocycles. The largest absolute Gasteiger partial charge is 0.478 e. The van der Waals surface area contributed by atoms with Crippen molar-refractivity contribution in [3.05, 3.63) is 16.4 Å². The van der Waals surface area contributed by atoms with Crippen LogP contribution in [0.15, 0.2) is 10.9 Å². The molecule has 0 saturated heterocycles. The Labute approximate surface area is 87.4 Å². The normalized spacial score (nSPS) is 12.0. The van der Waals surface area contributed by atoms with Crippen molar-refractivity contribution in [1.82, 2.24) is 13.5 Å². The zero-order valence-corrected chi connectivity index (χ0v) is 9.54. The van der Waals surface area contributed by atoms with Gasteiger partial charge in [0, 0.05) is 14.1 Å². The van der Waals surface area contributed by atoms with Crippen LogP contribution in [0.4, 0.5) is 0 Å². The average molecular weight is 235 g/mol. The van der Waals surface area contributed by atoms with Crippen LogP contribution in [-0.2, 0) is 10.2 Å². The lowest BCUT2D eigenvalue weighted by Crippen LogP contribution is -2.35. The summed E-state index contributed by atoms with van der Waals surface area (Å²) in [5.74, 6) is 0.132. The molecule has 0 aliphatic rings. The molecule has 15 heavy (non-hydrogen) atoms. The van der Waals surface area contributed by atoms with Crippen molar-refractivity contribution in [2.45, 2.75) is 6.92 Å². The predicted octanol–water partition coefficient (Wildman–Crippen LogP) is -0.770. The van der Waals surface area contributed by atoms with Gasteiger partial charge in [-0.1, -0.05) is 0 Å². The quantitative estimate of drug-likeness (QED) is 0.742. The number of H-pyrrole nitrogens is 1. The first-order valence-corrected chi connectivity index (χ1v) is 5.67. The van der Waals surface area contributed by atoms with Gasteiger partial charge in [0.1, 0.15) is 0 Å². The third kappa shape index (κ3) is 2.21. The van der Waals surface area contributed by atoms with Crippen LogP contribution in [-0.4, -0.2) is 42.6 Å². The van der Waals surface area contributed by atoms with E-state index in [-0.39, 0.29) is 5.88 Å². The fourth-order valence-electron chi connectivity index (χ4n) is 0.922. The number of aromatic amines is 1. The Morgan fingerprint density at radius 2 is 2.13 bits per heavy atom. The van der Waals surface area contributed by atoms with Crippen molar-refractivity contribution in [3.63, 3.8) is 0 Å². The molecular formula is C7H13N3O4S. The van der Waals surface area contributed by atoms with E-state index in [1.54, 1.807) is 6.92 Å². The maximum Gasteiger partial charge on any atom is 0.324 e. The van der Waals surface area contributed by atoms with Crippen molar-refractivity contribution in [1.29, 1.82) is 0 Å². The van der Waals surface area contributed by atoms with E-state index in [0.29, 0.717) is 10.7 Å². The molecule has 1 aromatic rings. The van der Waals surface area contributed by atoms with Crippen molar-refractivity contribution >= 4 is 10.2 Å². The van der Waals surface area contributed by atoms with Crippen LogP contribution in [0.5, 0.6) is 5.88 Å². The molecule has 7 nitrogen and oxygen atoms in total. The standard InChI is InChI=1S/C7H13N3O4S/c1-4-14-6-5-7(11)10(8-6)15(12,13)9(2)3/h5,8H,4H2,1-3H3. The molecular weight excluding hydrogens is 222 g/mol. The molecule has 0 aliphatic carbocycles. The third-order valence-corrected chi connectivity index (χ3v) is 3.31. The maximum absolute atomic E-state index is 11.6. The van der Waals surface area contributed by atoms with Gasteiger partial charge in [-0.25, -0.2) is 5.10 Å². The molecule has 8 heteroatoms. The third-order valence-electron chi connectivity index (χ3n) is 1.66. The fraction of sp³-hybridized carbons (Fsp3) is 0.571. The summed E-state index contributed by atoms with van der Waals surface area (Å²) in [7, 11) is -1.13. The van der Waals surface area contributed by atoms with Crippen LogP contribution >= 0.6 is 0 Å². The predicted molar refractivity (Wildman–Crippen MR) is 54.2 cm³/mol. The van der Waals surface area contributed by atoms with Gasteiger partial charge in [-0.15, -0.1) is 4.09 Å². The molecule has 0 fully saturated rings. The Hall–Kier alpha value is -1.28. The molecule has 1 aromatic heterocycles. The first-order chi connectivity index (χ1) is 6.89. The summed E-state index contributed by atoms with van der Waals surface area (Å²) in [5.41, 5.74) is -0.674. The van der Waals surface area contributed by atoms with Crippen LogP contribution in [0, 0.1) is 0 Å². The number of ether oxygens (including phenoxy) is 1. The van der Waals surface area contributed by atoms with Crippen molar-refractivity contribution in [2.75, 3.05) is 20.7 Å². The molecule has 0 unspecified atom stereocenters. The number of rotatable bonds is 4. The van der Waals surface area contributed by atoms with Gasteiger partial charge in [0.25, 0.3) is 5.56 Å². The van der Waals surface area contributed by atoms with E-state index in [9.17, 15) is 13.2 Å². The zero-order chi connectivity index (χ0) is 11.6. The van der Waals surface area contributed by atoms with E-state index in [1.165, 1.54) is 14.1 Å². The summed E-state index contributed by atoms with van der Waals surface area (Å²) < 4.78 is 29.6. The number of aromatic nitrogens is 2. The maximum atomic E-state index is 11.6. The van der Waals surface area contributed by atoms with Gasteiger partial charge in [0.15, 0.2) is 0 Å². The van der Waals surface area contributed by atoms with Gasteiger partial charge in [0.2, 0.25) is 5.88 Å². The number of nitrogens with zero attached hydrogens (tertiary/aromatic N) is 2. The topological polar surface area (TPSA) is 84.4 Å². The average Bonchev–Trinajstić information content (AvgIpc) is 2.47. The fourth-order valence-corrected chi connectivity index (χ4v) is 1.73. The first kappa shape index (κ1) is 11.8. The molecule has 0 bridgehead atoms. The first-order valence-electron chi connectivity index (χ1n) is 4.27. The Morgan fingerprint density at radius 1 is 1.53 bits per heavy atom. The second kappa shape index (κ2) is 4.07. The van der Waals surface area contributed by atoms with Gasteiger partial charge in [0.05, 0.1) is 12.7 Å². The lowest BCUT2D eigenvalue weighted by Gasteiger charge is -2.10. The molecule has 0 amide bonds. The van der Waals surface area contributed by atoms with Crippen LogP contribution in [0.2, 0.25) is 0 Å².